The van der Waals surface area contributed by atoms with Crippen molar-refractivity contribution in [2.45, 2.75) is 58.1 Å². The van der Waals surface area contributed by atoms with Crippen LogP contribution in [0.2, 0.25) is 0 Å². The van der Waals surface area contributed by atoms with Crippen LogP contribution in [0.1, 0.15) is 45.4 Å². The Balaban J connectivity index is 2.05. The highest BCUT2D eigenvalue weighted by molar-refractivity contribution is 5.20. The average Bonchev–Trinajstić information content (AvgIpc) is 2.90. The minimum atomic E-state index is -0.593. The third kappa shape index (κ3) is 7.77. The lowest BCUT2D eigenvalue weighted by Gasteiger charge is -2.11. The van der Waals surface area contributed by atoms with E-state index in [4.69, 9.17) is 0 Å². The van der Waals surface area contributed by atoms with Crippen molar-refractivity contribution < 1.29 is 10.0 Å². The SMILES string of the molecule is CCCCCCCCNCC(O)Cn1cc([N+](=O)[O-])cn1. The Kier molecular flexibility index (Phi) is 8.61. The van der Waals surface area contributed by atoms with Gasteiger partial charge in [-0.2, -0.15) is 5.10 Å². The number of unbranched alkanes of at least 4 members (excludes halogenated alkanes) is 5. The molecule has 1 aromatic rings. The molecule has 120 valence electrons. The first-order chi connectivity index (χ1) is 10.1. The molecule has 7 nitrogen and oxygen atoms in total. The summed E-state index contributed by atoms with van der Waals surface area (Å²) < 4.78 is 1.40. The summed E-state index contributed by atoms with van der Waals surface area (Å²) in [6, 6.07) is 0. The van der Waals surface area contributed by atoms with E-state index in [0.717, 1.165) is 13.0 Å². The second-order valence-corrected chi connectivity index (χ2v) is 5.30. The third-order valence-corrected chi connectivity index (χ3v) is 3.32. The molecule has 0 spiro atoms. The van der Waals surface area contributed by atoms with Crippen LogP contribution in [0.3, 0.4) is 0 Å². The fourth-order valence-electron chi connectivity index (χ4n) is 2.13. The van der Waals surface area contributed by atoms with Gasteiger partial charge < -0.3 is 10.4 Å². The molecule has 1 unspecified atom stereocenters. The van der Waals surface area contributed by atoms with E-state index >= 15 is 0 Å². The maximum absolute atomic E-state index is 10.5. The normalized spacial score (nSPS) is 12.5. The predicted molar refractivity (Wildman–Crippen MR) is 81.1 cm³/mol. The Hall–Kier alpha value is -1.47. The third-order valence-electron chi connectivity index (χ3n) is 3.32. The molecule has 0 aliphatic rings. The van der Waals surface area contributed by atoms with Crippen molar-refractivity contribution in [1.82, 2.24) is 15.1 Å². The molecular formula is C14H26N4O3. The lowest BCUT2D eigenvalue weighted by Crippen LogP contribution is -2.31. The summed E-state index contributed by atoms with van der Waals surface area (Å²) in [5.74, 6) is 0. The van der Waals surface area contributed by atoms with Crippen molar-refractivity contribution in [1.29, 1.82) is 0 Å². The number of hydrogen-bond donors (Lipinski definition) is 2. The second kappa shape index (κ2) is 10.3. The Morgan fingerprint density at radius 2 is 2.10 bits per heavy atom. The van der Waals surface area contributed by atoms with Gasteiger partial charge in [-0.3, -0.25) is 14.8 Å². The van der Waals surface area contributed by atoms with E-state index < -0.39 is 11.0 Å². The molecule has 1 heterocycles. The zero-order valence-electron chi connectivity index (χ0n) is 12.7. The van der Waals surface area contributed by atoms with Crippen LogP contribution in [-0.4, -0.2) is 39.0 Å². The predicted octanol–water partition coefficient (Wildman–Crippen LogP) is 2.10. The van der Waals surface area contributed by atoms with E-state index in [-0.39, 0.29) is 12.2 Å². The average molecular weight is 298 g/mol. The maximum atomic E-state index is 10.5. The molecule has 0 bridgehead atoms. The van der Waals surface area contributed by atoms with Crippen molar-refractivity contribution >= 4 is 5.69 Å². The van der Waals surface area contributed by atoms with Crippen LogP contribution >= 0.6 is 0 Å². The summed E-state index contributed by atoms with van der Waals surface area (Å²) in [6.45, 7) is 3.83. The summed E-state index contributed by atoms with van der Waals surface area (Å²) in [5, 5.41) is 27.4. The largest absolute Gasteiger partial charge is 0.390 e. The molecular weight excluding hydrogens is 272 g/mol. The first-order valence-electron chi connectivity index (χ1n) is 7.69. The number of rotatable bonds is 12. The highest BCUT2D eigenvalue weighted by Crippen LogP contribution is 2.08. The summed E-state index contributed by atoms with van der Waals surface area (Å²) in [5.41, 5.74) is -0.0535. The van der Waals surface area contributed by atoms with Gasteiger partial charge in [0.05, 0.1) is 17.6 Å². The molecule has 21 heavy (non-hydrogen) atoms. The van der Waals surface area contributed by atoms with E-state index in [1.807, 2.05) is 0 Å². The number of nitrogens with zero attached hydrogens (tertiary/aromatic N) is 3. The van der Waals surface area contributed by atoms with Gasteiger partial charge in [0.2, 0.25) is 0 Å². The van der Waals surface area contributed by atoms with Crippen LogP contribution in [0.15, 0.2) is 12.4 Å². The maximum Gasteiger partial charge on any atom is 0.306 e. The Bertz CT molecular complexity index is 409. The fourth-order valence-corrected chi connectivity index (χ4v) is 2.13. The molecule has 1 aromatic heterocycles. The number of nitrogens with one attached hydrogen (secondary N) is 1. The van der Waals surface area contributed by atoms with Crippen LogP contribution < -0.4 is 5.32 Å². The molecule has 0 amide bonds. The van der Waals surface area contributed by atoms with Gasteiger partial charge >= 0.3 is 5.69 Å². The molecule has 0 aromatic carbocycles. The van der Waals surface area contributed by atoms with E-state index in [0.29, 0.717) is 6.54 Å². The van der Waals surface area contributed by atoms with Crippen molar-refractivity contribution in [3.63, 3.8) is 0 Å². The van der Waals surface area contributed by atoms with Gasteiger partial charge in [-0.05, 0) is 13.0 Å². The second-order valence-electron chi connectivity index (χ2n) is 5.30. The Morgan fingerprint density at radius 3 is 2.76 bits per heavy atom. The zero-order chi connectivity index (χ0) is 15.5. The minimum absolute atomic E-state index is 0.0535. The van der Waals surface area contributed by atoms with Crippen LogP contribution in [0.25, 0.3) is 0 Å². The number of nitro groups is 1. The van der Waals surface area contributed by atoms with Gasteiger partial charge in [0.1, 0.15) is 12.4 Å². The fraction of sp³-hybridized carbons (Fsp3) is 0.786. The van der Waals surface area contributed by atoms with Crippen LogP contribution in [-0.2, 0) is 6.54 Å². The number of aliphatic hydroxyl groups is 1. The quantitative estimate of drug-likeness (QED) is 0.350. The molecule has 2 N–H and O–H groups in total. The number of hydrogen-bond acceptors (Lipinski definition) is 5. The van der Waals surface area contributed by atoms with Crippen LogP contribution in [0, 0.1) is 10.1 Å². The molecule has 0 saturated heterocycles. The summed E-state index contributed by atoms with van der Waals surface area (Å²) in [4.78, 5) is 10.0. The van der Waals surface area contributed by atoms with Crippen molar-refractivity contribution in [2.24, 2.45) is 0 Å². The van der Waals surface area contributed by atoms with Crippen molar-refractivity contribution in [2.75, 3.05) is 13.1 Å². The van der Waals surface area contributed by atoms with Crippen molar-refractivity contribution in [3.8, 4) is 0 Å². The molecule has 1 atom stereocenters. The molecule has 0 radical (unpaired) electrons. The zero-order valence-corrected chi connectivity index (χ0v) is 12.7. The number of aliphatic hydroxyl groups excluding tert-OH is 1. The van der Waals surface area contributed by atoms with Gasteiger partial charge in [0.25, 0.3) is 0 Å². The Morgan fingerprint density at radius 1 is 1.38 bits per heavy atom. The van der Waals surface area contributed by atoms with Crippen LogP contribution in [0.5, 0.6) is 0 Å². The summed E-state index contributed by atoms with van der Waals surface area (Å²) >= 11 is 0. The van der Waals surface area contributed by atoms with E-state index in [1.54, 1.807) is 0 Å². The van der Waals surface area contributed by atoms with E-state index in [9.17, 15) is 15.2 Å². The number of aromatic nitrogens is 2. The molecule has 1 rings (SSSR count). The van der Waals surface area contributed by atoms with Gasteiger partial charge in [0, 0.05) is 6.54 Å². The molecule has 0 fully saturated rings. The molecule has 0 saturated carbocycles. The van der Waals surface area contributed by atoms with Gasteiger partial charge in [0.15, 0.2) is 0 Å². The van der Waals surface area contributed by atoms with E-state index in [1.165, 1.54) is 49.2 Å². The van der Waals surface area contributed by atoms with E-state index in [2.05, 4.69) is 17.3 Å². The van der Waals surface area contributed by atoms with Gasteiger partial charge in [-0.1, -0.05) is 39.0 Å². The highest BCUT2D eigenvalue weighted by Gasteiger charge is 2.11. The van der Waals surface area contributed by atoms with Gasteiger partial charge in [-0.15, -0.1) is 0 Å². The standard InChI is InChI=1S/C14H26N4O3/c1-2-3-4-5-6-7-8-15-10-14(19)12-17-11-13(9-16-17)18(20)21/h9,11,14-15,19H,2-8,10,12H2,1H3. The molecule has 7 heteroatoms. The lowest BCUT2D eigenvalue weighted by molar-refractivity contribution is -0.385. The first-order valence-corrected chi connectivity index (χ1v) is 7.69. The highest BCUT2D eigenvalue weighted by atomic mass is 16.6. The van der Waals surface area contributed by atoms with Gasteiger partial charge in [-0.25, -0.2) is 0 Å². The monoisotopic (exact) mass is 298 g/mol. The van der Waals surface area contributed by atoms with Crippen molar-refractivity contribution in [3.05, 3.63) is 22.5 Å². The smallest absolute Gasteiger partial charge is 0.306 e. The minimum Gasteiger partial charge on any atom is -0.390 e. The molecule has 0 aliphatic heterocycles. The topological polar surface area (TPSA) is 93.2 Å². The Labute approximate surface area is 125 Å². The first kappa shape index (κ1) is 17.6. The molecule has 0 aliphatic carbocycles. The summed E-state index contributed by atoms with van der Waals surface area (Å²) in [6.07, 6.45) is 9.40. The summed E-state index contributed by atoms with van der Waals surface area (Å²) in [7, 11) is 0. The lowest BCUT2D eigenvalue weighted by atomic mass is 10.1. The van der Waals surface area contributed by atoms with Crippen LogP contribution in [0.4, 0.5) is 5.69 Å².